The fraction of sp³-hybridized carbons (Fsp3) is 0.333. The van der Waals surface area contributed by atoms with Gasteiger partial charge in [0, 0.05) is 13.2 Å². The quantitative estimate of drug-likeness (QED) is 0.428. The van der Waals surface area contributed by atoms with Gasteiger partial charge in [0.25, 0.3) is 0 Å². The predicted molar refractivity (Wildman–Crippen MR) is 56.4 cm³/mol. The highest BCUT2D eigenvalue weighted by Gasteiger charge is 1.96. The molecular formula is C9H13N5. The van der Waals surface area contributed by atoms with Gasteiger partial charge in [-0.15, -0.1) is 0 Å². The zero-order chi connectivity index (χ0) is 10.4. The average Bonchev–Trinajstić information content (AvgIpc) is 2.26. The Labute approximate surface area is 83.0 Å². The van der Waals surface area contributed by atoms with Crippen molar-refractivity contribution in [2.45, 2.75) is 13.8 Å². The molecule has 0 aliphatic rings. The van der Waals surface area contributed by atoms with Crippen LogP contribution >= 0.6 is 0 Å². The van der Waals surface area contributed by atoms with E-state index in [1.165, 1.54) is 6.33 Å². The Morgan fingerprint density at radius 3 is 2.79 bits per heavy atom. The smallest absolute Gasteiger partial charge is 0.116 e. The van der Waals surface area contributed by atoms with Gasteiger partial charge in [0.15, 0.2) is 0 Å². The summed E-state index contributed by atoms with van der Waals surface area (Å²) in [6, 6.07) is 1.80. The van der Waals surface area contributed by atoms with E-state index in [1.807, 2.05) is 13.8 Å². The summed E-state index contributed by atoms with van der Waals surface area (Å²) in [6.45, 7) is 3.72. The maximum Gasteiger partial charge on any atom is 0.116 e. The van der Waals surface area contributed by atoms with Crippen LogP contribution in [0.5, 0.6) is 0 Å². The van der Waals surface area contributed by atoms with Gasteiger partial charge in [0.2, 0.25) is 0 Å². The Hall–Kier alpha value is -1.78. The molecule has 0 saturated carbocycles. The summed E-state index contributed by atoms with van der Waals surface area (Å²) >= 11 is 0. The van der Waals surface area contributed by atoms with Crippen molar-refractivity contribution in [3.05, 3.63) is 24.3 Å². The van der Waals surface area contributed by atoms with E-state index in [9.17, 15) is 0 Å². The molecule has 0 spiro atoms. The second-order valence-electron chi connectivity index (χ2n) is 2.71. The third kappa shape index (κ3) is 2.93. The van der Waals surface area contributed by atoms with Crippen molar-refractivity contribution in [3.8, 4) is 0 Å². The Bertz CT molecular complexity index is 341. The van der Waals surface area contributed by atoms with Gasteiger partial charge in [-0.1, -0.05) is 0 Å². The largest absolute Gasteiger partial charge is 0.275 e. The third-order valence-corrected chi connectivity index (χ3v) is 1.67. The van der Waals surface area contributed by atoms with Crippen molar-refractivity contribution < 1.29 is 0 Å². The topological polar surface area (TPSA) is 62.5 Å². The highest BCUT2D eigenvalue weighted by Crippen LogP contribution is 1.93. The number of hydrazone groups is 1. The van der Waals surface area contributed by atoms with Crippen molar-refractivity contribution in [1.29, 1.82) is 0 Å². The fourth-order valence-corrected chi connectivity index (χ4v) is 0.777. The second kappa shape index (κ2) is 5.06. The molecule has 0 radical (unpaired) electrons. The summed E-state index contributed by atoms with van der Waals surface area (Å²) in [4.78, 5) is 11.8. The first-order chi connectivity index (χ1) is 6.74. The summed E-state index contributed by atoms with van der Waals surface area (Å²) < 4.78 is 0. The molecule has 0 amide bonds. The van der Waals surface area contributed by atoms with E-state index in [0.29, 0.717) is 0 Å². The molecule has 0 aromatic carbocycles. The highest BCUT2D eigenvalue weighted by atomic mass is 15.3. The van der Waals surface area contributed by atoms with Crippen LogP contribution in [0.15, 0.2) is 28.7 Å². The number of nitrogens with zero attached hydrogens (tertiary/aromatic N) is 4. The molecule has 1 heterocycles. The molecule has 0 fully saturated rings. The number of hydrogen-bond donors (Lipinski definition) is 1. The van der Waals surface area contributed by atoms with E-state index in [2.05, 4.69) is 25.5 Å². The normalized spacial score (nSPS) is 12.8. The maximum atomic E-state index is 4.11. The van der Waals surface area contributed by atoms with Crippen molar-refractivity contribution in [3.63, 3.8) is 0 Å². The lowest BCUT2D eigenvalue weighted by atomic mass is 10.3. The molecule has 0 saturated heterocycles. The van der Waals surface area contributed by atoms with E-state index >= 15 is 0 Å². The Morgan fingerprint density at radius 1 is 1.43 bits per heavy atom. The number of nitrogens with one attached hydrogen (secondary N) is 1. The Morgan fingerprint density at radius 2 is 2.21 bits per heavy atom. The lowest BCUT2D eigenvalue weighted by Gasteiger charge is -2.00. The zero-order valence-corrected chi connectivity index (χ0v) is 8.52. The molecule has 0 aliphatic carbocycles. The molecule has 0 atom stereocenters. The predicted octanol–water partition coefficient (Wildman–Crippen LogP) is 0.838. The number of aliphatic imine (C=N–C) groups is 1. The lowest BCUT2D eigenvalue weighted by molar-refractivity contribution is 0.999. The fourth-order valence-electron chi connectivity index (χ4n) is 0.777. The first-order valence-corrected chi connectivity index (χ1v) is 4.24. The molecule has 1 aromatic rings. The van der Waals surface area contributed by atoms with Crippen molar-refractivity contribution in [2.75, 3.05) is 7.05 Å². The van der Waals surface area contributed by atoms with Crippen molar-refractivity contribution in [1.82, 2.24) is 15.4 Å². The minimum absolute atomic E-state index is 0.762. The van der Waals surface area contributed by atoms with Crippen LogP contribution in [-0.2, 0) is 0 Å². The van der Waals surface area contributed by atoms with E-state index in [4.69, 9.17) is 0 Å². The minimum Gasteiger partial charge on any atom is -0.275 e. The molecular weight excluding hydrogens is 178 g/mol. The number of amidine groups is 1. The van der Waals surface area contributed by atoms with Gasteiger partial charge >= 0.3 is 0 Å². The van der Waals surface area contributed by atoms with Crippen LogP contribution in [0.25, 0.3) is 0 Å². The summed E-state index contributed by atoms with van der Waals surface area (Å²) in [6.07, 6.45) is 3.18. The highest BCUT2D eigenvalue weighted by molar-refractivity contribution is 5.97. The van der Waals surface area contributed by atoms with E-state index < -0.39 is 0 Å². The Kier molecular flexibility index (Phi) is 3.72. The van der Waals surface area contributed by atoms with Crippen LogP contribution in [0, 0.1) is 0 Å². The molecule has 5 nitrogen and oxygen atoms in total. The van der Waals surface area contributed by atoms with Crippen molar-refractivity contribution in [2.24, 2.45) is 10.1 Å². The molecule has 74 valence electrons. The monoisotopic (exact) mass is 191 g/mol. The Balaban J connectivity index is 2.71. The van der Waals surface area contributed by atoms with Crippen molar-refractivity contribution >= 4 is 11.5 Å². The molecule has 1 N–H and O–H groups in total. The van der Waals surface area contributed by atoms with Gasteiger partial charge in [-0.05, 0) is 19.9 Å². The van der Waals surface area contributed by atoms with Crippen LogP contribution in [-0.4, -0.2) is 28.6 Å². The standard InChI is InChI=1S/C9H13N5/c1-7(13-14-8(2)10-3)9-4-5-11-6-12-9/h4-6H,1-3H3,(H,10,14)/b13-7+. The van der Waals surface area contributed by atoms with Gasteiger partial charge in [0.1, 0.15) is 12.2 Å². The first-order valence-electron chi connectivity index (χ1n) is 4.24. The summed E-state index contributed by atoms with van der Waals surface area (Å²) in [5.41, 5.74) is 4.41. The SMILES string of the molecule is CN=C(C)N/N=C(\C)c1ccncn1. The van der Waals surface area contributed by atoms with Crippen LogP contribution in [0.2, 0.25) is 0 Å². The van der Waals surface area contributed by atoms with Crippen LogP contribution < -0.4 is 5.43 Å². The molecule has 0 aliphatic heterocycles. The number of aromatic nitrogens is 2. The van der Waals surface area contributed by atoms with E-state index in [1.54, 1.807) is 19.3 Å². The molecule has 0 bridgehead atoms. The average molecular weight is 191 g/mol. The second-order valence-corrected chi connectivity index (χ2v) is 2.71. The third-order valence-electron chi connectivity index (χ3n) is 1.67. The molecule has 0 unspecified atom stereocenters. The summed E-state index contributed by atoms with van der Waals surface area (Å²) in [5, 5.41) is 4.11. The van der Waals surface area contributed by atoms with Gasteiger partial charge in [-0.3, -0.25) is 10.4 Å². The van der Waals surface area contributed by atoms with E-state index in [0.717, 1.165) is 17.2 Å². The van der Waals surface area contributed by atoms with Gasteiger partial charge < -0.3 is 0 Å². The zero-order valence-electron chi connectivity index (χ0n) is 8.52. The number of hydrogen-bond acceptors (Lipinski definition) is 4. The minimum atomic E-state index is 0.762. The van der Waals surface area contributed by atoms with Crippen LogP contribution in [0.3, 0.4) is 0 Å². The molecule has 1 rings (SSSR count). The van der Waals surface area contributed by atoms with Gasteiger partial charge in [0.05, 0.1) is 11.4 Å². The summed E-state index contributed by atoms with van der Waals surface area (Å²) in [7, 11) is 1.71. The van der Waals surface area contributed by atoms with Gasteiger partial charge in [-0.25, -0.2) is 9.97 Å². The maximum absolute atomic E-state index is 4.11. The lowest BCUT2D eigenvalue weighted by Crippen LogP contribution is -2.16. The van der Waals surface area contributed by atoms with E-state index in [-0.39, 0.29) is 0 Å². The van der Waals surface area contributed by atoms with Gasteiger partial charge in [-0.2, -0.15) is 5.10 Å². The van der Waals surface area contributed by atoms with Crippen LogP contribution in [0.1, 0.15) is 19.5 Å². The summed E-state index contributed by atoms with van der Waals surface area (Å²) in [5.74, 6) is 0.762. The van der Waals surface area contributed by atoms with Crippen LogP contribution in [0.4, 0.5) is 0 Å². The first kappa shape index (κ1) is 10.3. The number of rotatable bonds is 2. The molecule has 5 heteroatoms. The molecule has 1 aromatic heterocycles. The molecule has 14 heavy (non-hydrogen) atoms.